The molecule has 5 heteroatoms. The van der Waals surface area contributed by atoms with Gasteiger partial charge in [-0.15, -0.1) is 11.3 Å². The zero-order chi connectivity index (χ0) is 15.2. The first-order chi connectivity index (χ1) is 10.9. The summed E-state index contributed by atoms with van der Waals surface area (Å²) in [5.41, 5.74) is 5.85. The lowest BCUT2D eigenvalue weighted by atomic mass is 10.2. The number of nitrogens with one attached hydrogen (secondary N) is 1. The predicted molar refractivity (Wildman–Crippen MR) is 89.8 cm³/mol. The van der Waals surface area contributed by atoms with Crippen LogP contribution < -0.4 is 5.43 Å². The van der Waals surface area contributed by atoms with Crippen molar-refractivity contribution in [3.63, 3.8) is 0 Å². The van der Waals surface area contributed by atoms with E-state index >= 15 is 0 Å². The largest absolute Gasteiger partial charge is 0.277 e. The number of para-hydroxylation sites is 1. The average Bonchev–Trinajstić information content (AvgIpc) is 3.07. The zero-order valence-electron chi connectivity index (χ0n) is 11.6. The lowest BCUT2D eigenvalue weighted by Crippen LogP contribution is -2.01. The number of anilines is 1. The molecule has 0 unspecified atom stereocenters. The molecule has 0 radical (unpaired) electrons. The monoisotopic (exact) mass is 304 g/mol. The minimum absolute atomic E-state index is 0.274. The molecule has 22 heavy (non-hydrogen) atoms. The van der Waals surface area contributed by atoms with Gasteiger partial charge in [-0.3, -0.25) is 5.43 Å². The maximum absolute atomic E-state index is 9.28. The van der Waals surface area contributed by atoms with Crippen molar-refractivity contribution in [3.05, 3.63) is 71.1 Å². The molecule has 1 N–H and O–H groups in total. The molecule has 0 saturated heterocycles. The molecule has 0 saturated carbocycles. The quantitative estimate of drug-likeness (QED) is 0.582. The summed E-state index contributed by atoms with van der Waals surface area (Å²) in [6.07, 6.45) is 0. The van der Waals surface area contributed by atoms with Gasteiger partial charge >= 0.3 is 0 Å². The van der Waals surface area contributed by atoms with Gasteiger partial charge < -0.3 is 0 Å². The lowest BCUT2D eigenvalue weighted by molar-refractivity contribution is 1.31. The van der Waals surface area contributed by atoms with E-state index in [-0.39, 0.29) is 5.71 Å². The molecule has 0 aliphatic rings. The molecule has 4 nitrogen and oxygen atoms in total. The molecule has 0 amide bonds. The second kappa shape index (κ2) is 6.66. The van der Waals surface area contributed by atoms with Gasteiger partial charge in [0, 0.05) is 10.9 Å². The summed E-state index contributed by atoms with van der Waals surface area (Å²) in [5.74, 6) is 0. The van der Waals surface area contributed by atoms with Gasteiger partial charge in [-0.05, 0) is 12.1 Å². The van der Waals surface area contributed by atoms with Gasteiger partial charge in [-0.1, -0.05) is 48.5 Å². The Labute approximate surface area is 132 Å². The van der Waals surface area contributed by atoms with Crippen LogP contribution in [0.1, 0.15) is 5.01 Å². The summed E-state index contributed by atoms with van der Waals surface area (Å²) in [5, 5.41) is 16.0. The summed E-state index contributed by atoms with van der Waals surface area (Å²) in [7, 11) is 0. The van der Waals surface area contributed by atoms with E-state index in [0.717, 1.165) is 16.9 Å². The minimum Gasteiger partial charge on any atom is -0.277 e. The van der Waals surface area contributed by atoms with E-state index in [0.29, 0.717) is 5.01 Å². The van der Waals surface area contributed by atoms with Crippen LogP contribution in [0.25, 0.3) is 11.3 Å². The fourth-order valence-electron chi connectivity index (χ4n) is 1.88. The number of hydrogen-bond donors (Lipinski definition) is 1. The molecule has 106 valence electrons. The first-order valence-electron chi connectivity index (χ1n) is 6.67. The van der Waals surface area contributed by atoms with Crippen LogP contribution in [-0.2, 0) is 0 Å². The molecule has 1 aromatic heterocycles. The number of nitriles is 1. The number of aromatic nitrogens is 1. The molecule has 0 aliphatic heterocycles. The summed E-state index contributed by atoms with van der Waals surface area (Å²) < 4.78 is 0. The van der Waals surface area contributed by atoms with Crippen molar-refractivity contribution in [2.45, 2.75) is 0 Å². The van der Waals surface area contributed by atoms with E-state index in [2.05, 4.69) is 21.6 Å². The van der Waals surface area contributed by atoms with Crippen LogP contribution in [0.4, 0.5) is 5.69 Å². The fourth-order valence-corrected chi connectivity index (χ4v) is 2.64. The molecule has 2 aromatic carbocycles. The lowest BCUT2D eigenvalue weighted by Gasteiger charge is -1.99. The van der Waals surface area contributed by atoms with Gasteiger partial charge in [-0.25, -0.2) is 4.98 Å². The van der Waals surface area contributed by atoms with Crippen molar-refractivity contribution >= 4 is 22.7 Å². The Morgan fingerprint density at radius 3 is 2.41 bits per heavy atom. The number of rotatable bonds is 4. The zero-order valence-corrected chi connectivity index (χ0v) is 12.4. The average molecular weight is 304 g/mol. The Balaban J connectivity index is 1.83. The maximum Gasteiger partial charge on any atom is 0.196 e. The molecule has 0 atom stereocenters. The summed E-state index contributed by atoms with van der Waals surface area (Å²) in [4.78, 5) is 4.49. The van der Waals surface area contributed by atoms with Crippen molar-refractivity contribution in [1.29, 1.82) is 5.26 Å². The number of nitrogens with zero attached hydrogens (tertiary/aromatic N) is 3. The highest BCUT2D eigenvalue weighted by atomic mass is 32.1. The molecule has 3 aromatic rings. The van der Waals surface area contributed by atoms with Crippen LogP contribution in [0.2, 0.25) is 0 Å². The van der Waals surface area contributed by atoms with E-state index in [4.69, 9.17) is 0 Å². The Hall–Kier alpha value is -2.97. The SMILES string of the molecule is N#CC(=NNc1ccccc1)c1nc(-c2ccccc2)cs1. The molecule has 0 bridgehead atoms. The van der Waals surface area contributed by atoms with Gasteiger partial charge in [0.25, 0.3) is 0 Å². The third-order valence-corrected chi connectivity index (χ3v) is 3.80. The van der Waals surface area contributed by atoms with E-state index < -0.39 is 0 Å². The second-order valence-corrected chi connectivity index (χ2v) is 5.31. The molecule has 0 spiro atoms. The van der Waals surface area contributed by atoms with Crippen molar-refractivity contribution in [2.24, 2.45) is 5.10 Å². The maximum atomic E-state index is 9.28. The van der Waals surface area contributed by atoms with Gasteiger partial charge in [0.15, 0.2) is 10.7 Å². The van der Waals surface area contributed by atoms with E-state index in [9.17, 15) is 5.26 Å². The molecule has 0 aliphatic carbocycles. The predicted octanol–water partition coefficient (Wildman–Crippen LogP) is 4.15. The van der Waals surface area contributed by atoms with E-state index in [1.807, 2.05) is 66.0 Å². The van der Waals surface area contributed by atoms with Crippen LogP contribution in [0, 0.1) is 11.3 Å². The molecular weight excluding hydrogens is 292 g/mol. The van der Waals surface area contributed by atoms with Gasteiger partial charge in [0.2, 0.25) is 0 Å². The Kier molecular flexibility index (Phi) is 4.23. The van der Waals surface area contributed by atoms with Crippen LogP contribution in [-0.4, -0.2) is 10.7 Å². The smallest absolute Gasteiger partial charge is 0.196 e. The second-order valence-electron chi connectivity index (χ2n) is 4.45. The van der Waals surface area contributed by atoms with Gasteiger partial charge in [0.1, 0.15) is 6.07 Å². The molecule has 1 heterocycles. The Morgan fingerprint density at radius 1 is 1.05 bits per heavy atom. The first kappa shape index (κ1) is 14.0. The van der Waals surface area contributed by atoms with E-state index in [1.54, 1.807) is 0 Å². The highest BCUT2D eigenvalue weighted by molar-refractivity contribution is 7.12. The van der Waals surface area contributed by atoms with Gasteiger partial charge in [-0.2, -0.15) is 10.4 Å². The van der Waals surface area contributed by atoms with Crippen LogP contribution in [0.15, 0.2) is 71.1 Å². The molecule has 3 rings (SSSR count). The highest BCUT2D eigenvalue weighted by Crippen LogP contribution is 2.22. The number of hydrogen-bond acceptors (Lipinski definition) is 5. The molecule has 0 fully saturated rings. The summed E-state index contributed by atoms with van der Waals surface area (Å²) in [6, 6.07) is 21.5. The van der Waals surface area contributed by atoms with Crippen molar-refractivity contribution in [1.82, 2.24) is 4.98 Å². The fraction of sp³-hybridized carbons (Fsp3) is 0. The van der Waals surface area contributed by atoms with Crippen LogP contribution >= 0.6 is 11.3 Å². The number of thiazole rings is 1. The standard InChI is InChI=1S/C17H12N4S/c18-11-15(21-20-14-9-5-2-6-10-14)17-19-16(12-22-17)13-7-3-1-4-8-13/h1-10,12,20H. The third-order valence-electron chi connectivity index (χ3n) is 2.95. The number of benzene rings is 2. The summed E-state index contributed by atoms with van der Waals surface area (Å²) >= 11 is 1.41. The van der Waals surface area contributed by atoms with Gasteiger partial charge in [0.05, 0.1) is 11.4 Å². The van der Waals surface area contributed by atoms with Crippen molar-refractivity contribution in [2.75, 3.05) is 5.43 Å². The van der Waals surface area contributed by atoms with Crippen molar-refractivity contribution < 1.29 is 0 Å². The number of hydrazone groups is 1. The Bertz CT molecular complexity index is 817. The van der Waals surface area contributed by atoms with Crippen LogP contribution in [0.5, 0.6) is 0 Å². The molecular formula is C17H12N4S. The minimum atomic E-state index is 0.274. The summed E-state index contributed by atoms with van der Waals surface area (Å²) in [6.45, 7) is 0. The first-order valence-corrected chi connectivity index (χ1v) is 7.55. The highest BCUT2D eigenvalue weighted by Gasteiger charge is 2.10. The normalized spacial score (nSPS) is 11.0. The van der Waals surface area contributed by atoms with Crippen molar-refractivity contribution in [3.8, 4) is 17.3 Å². The van der Waals surface area contributed by atoms with Crippen LogP contribution in [0.3, 0.4) is 0 Å². The topological polar surface area (TPSA) is 61.1 Å². The van der Waals surface area contributed by atoms with E-state index in [1.165, 1.54) is 11.3 Å². The third kappa shape index (κ3) is 3.19. The Morgan fingerprint density at radius 2 is 1.73 bits per heavy atom.